The van der Waals surface area contributed by atoms with Crippen molar-refractivity contribution < 1.29 is 9.53 Å². The summed E-state index contributed by atoms with van der Waals surface area (Å²) >= 11 is 0. The van der Waals surface area contributed by atoms with Crippen LogP contribution in [0.3, 0.4) is 0 Å². The molecule has 0 spiro atoms. The van der Waals surface area contributed by atoms with Crippen molar-refractivity contribution >= 4 is 5.91 Å². The van der Waals surface area contributed by atoms with E-state index in [1.54, 1.807) is 7.11 Å². The molecule has 1 unspecified atom stereocenters. The summed E-state index contributed by atoms with van der Waals surface area (Å²) in [5.74, 6) is 1.06. The highest BCUT2D eigenvalue weighted by Crippen LogP contribution is 2.31. The second-order valence-corrected chi connectivity index (χ2v) is 4.88. The average molecular weight is 231 g/mol. The zero-order valence-electron chi connectivity index (χ0n) is 10.1. The lowest BCUT2D eigenvalue weighted by molar-refractivity contribution is 0.0582. The molecular weight excluding hydrogens is 214 g/mol. The first kappa shape index (κ1) is 10.6. The van der Waals surface area contributed by atoms with Crippen molar-refractivity contribution in [3.63, 3.8) is 0 Å². The third kappa shape index (κ3) is 1.70. The van der Waals surface area contributed by atoms with Crippen LogP contribution in [-0.2, 0) is 6.42 Å². The summed E-state index contributed by atoms with van der Waals surface area (Å²) in [6.45, 7) is 0.926. The number of amides is 1. The van der Waals surface area contributed by atoms with Crippen LogP contribution in [0.5, 0.6) is 5.75 Å². The molecule has 1 aromatic carbocycles. The van der Waals surface area contributed by atoms with Crippen LogP contribution in [0.1, 0.15) is 35.2 Å². The molecule has 2 aliphatic heterocycles. The summed E-state index contributed by atoms with van der Waals surface area (Å²) in [6, 6.07) is 6.21. The molecular formula is C14H17NO2. The molecule has 2 aliphatic rings. The highest BCUT2D eigenvalue weighted by Gasteiger charge is 2.33. The highest BCUT2D eigenvalue weighted by molar-refractivity contribution is 5.97. The van der Waals surface area contributed by atoms with Crippen molar-refractivity contribution in [3.05, 3.63) is 29.3 Å². The first-order chi connectivity index (χ1) is 8.29. The Kier molecular flexibility index (Phi) is 2.54. The van der Waals surface area contributed by atoms with E-state index in [9.17, 15) is 4.79 Å². The maximum atomic E-state index is 12.3. The topological polar surface area (TPSA) is 29.5 Å². The Labute approximate surface area is 101 Å². The Hall–Kier alpha value is -1.51. The van der Waals surface area contributed by atoms with Gasteiger partial charge in [-0.05, 0) is 49.4 Å². The molecule has 3 nitrogen and oxygen atoms in total. The number of ether oxygens (including phenoxy) is 1. The molecule has 1 amide bonds. The average Bonchev–Trinajstić information content (AvgIpc) is 2.38. The first-order valence-electron chi connectivity index (χ1n) is 6.27. The number of rotatable bonds is 1. The number of hydrogen-bond donors (Lipinski definition) is 0. The van der Waals surface area contributed by atoms with E-state index in [1.807, 2.05) is 18.2 Å². The van der Waals surface area contributed by atoms with Gasteiger partial charge in [-0.3, -0.25) is 4.79 Å². The molecule has 0 bridgehead atoms. The van der Waals surface area contributed by atoms with Gasteiger partial charge in [-0.15, -0.1) is 0 Å². The van der Waals surface area contributed by atoms with Crippen LogP contribution in [0.4, 0.5) is 0 Å². The van der Waals surface area contributed by atoms with E-state index in [-0.39, 0.29) is 5.91 Å². The predicted octanol–water partition coefficient (Wildman–Crippen LogP) is 2.25. The fourth-order valence-electron chi connectivity index (χ4n) is 2.96. The number of benzene rings is 1. The molecule has 0 N–H and O–H groups in total. The maximum Gasteiger partial charge on any atom is 0.254 e. The number of carbonyl (C=O) groups excluding carboxylic acids is 1. The maximum absolute atomic E-state index is 12.3. The molecule has 17 heavy (non-hydrogen) atoms. The van der Waals surface area contributed by atoms with Crippen LogP contribution in [-0.4, -0.2) is 30.5 Å². The zero-order valence-corrected chi connectivity index (χ0v) is 10.1. The van der Waals surface area contributed by atoms with Gasteiger partial charge >= 0.3 is 0 Å². The second kappa shape index (κ2) is 4.06. The van der Waals surface area contributed by atoms with Crippen LogP contribution >= 0.6 is 0 Å². The third-order valence-corrected chi connectivity index (χ3v) is 3.89. The normalized spacial score (nSPS) is 23.0. The van der Waals surface area contributed by atoms with Gasteiger partial charge in [0, 0.05) is 18.2 Å². The molecule has 0 aromatic heterocycles. The Balaban J connectivity index is 1.99. The Morgan fingerprint density at radius 1 is 1.35 bits per heavy atom. The summed E-state index contributed by atoms with van der Waals surface area (Å²) in [6.07, 6.45) is 4.52. The highest BCUT2D eigenvalue weighted by atomic mass is 16.5. The molecule has 0 radical (unpaired) electrons. The standard InChI is InChI=1S/C14H17NO2/c1-17-12-5-6-13-10(9-12)8-11-4-2-3-7-15(11)14(13)16/h5-6,9,11H,2-4,7-8H2,1H3. The zero-order chi connectivity index (χ0) is 11.8. The smallest absolute Gasteiger partial charge is 0.254 e. The minimum atomic E-state index is 0.207. The van der Waals surface area contributed by atoms with E-state index in [4.69, 9.17) is 4.74 Å². The Bertz CT molecular complexity index is 456. The minimum absolute atomic E-state index is 0.207. The summed E-state index contributed by atoms with van der Waals surface area (Å²) in [5, 5.41) is 0. The van der Waals surface area contributed by atoms with Gasteiger partial charge in [0.2, 0.25) is 0 Å². The molecule has 3 heteroatoms. The molecule has 0 saturated carbocycles. The van der Waals surface area contributed by atoms with Gasteiger partial charge in [0.05, 0.1) is 7.11 Å². The van der Waals surface area contributed by atoms with E-state index >= 15 is 0 Å². The lowest BCUT2D eigenvalue weighted by Gasteiger charge is -2.40. The van der Waals surface area contributed by atoms with Crippen LogP contribution in [0.2, 0.25) is 0 Å². The second-order valence-electron chi connectivity index (χ2n) is 4.88. The van der Waals surface area contributed by atoms with Crippen molar-refractivity contribution in [2.45, 2.75) is 31.7 Å². The van der Waals surface area contributed by atoms with E-state index in [0.29, 0.717) is 6.04 Å². The quantitative estimate of drug-likeness (QED) is 0.742. The number of methoxy groups -OCH3 is 1. The lowest BCUT2D eigenvalue weighted by Crippen LogP contribution is -2.48. The van der Waals surface area contributed by atoms with Crippen LogP contribution in [0.15, 0.2) is 18.2 Å². The number of carbonyl (C=O) groups is 1. The summed E-state index contributed by atoms with van der Waals surface area (Å²) in [7, 11) is 1.67. The van der Waals surface area contributed by atoms with Crippen molar-refractivity contribution in [3.8, 4) is 5.75 Å². The SMILES string of the molecule is COc1ccc2c(c1)CC1CCCCN1C2=O. The molecule has 1 fully saturated rings. The molecule has 90 valence electrons. The number of hydrogen-bond acceptors (Lipinski definition) is 2. The Morgan fingerprint density at radius 2 is 2.24 bits per heavy atom. The van der Waals surface area contributed by atoms with Gasteiger partial charge in [0.1, 0.15) is 5.75 Å². The summed E-state index contributed by atoms with van der Waals surface area (Å²) in [4.78, 5) is 14.4. The van der Waals surface area contributed by atoms with Crippen LogP contribution < -0.4 is 4.74 Å². The number of fused-ring (bicyclic) bond motifs is 2. The van der Waals surface area contributed by atoms with Gasteiger partial charge in [-0.1, -0.05) is 0 Å². The molecule has 3 rings (SSSR count). The van der Waals surface area contributed by atoms with Crippen LogP contribution in [0.25, 0.3) is 0 Å². The van der Waals surface area contributed by atoms with Gasteiger partial charge in [0.15, 0.2) is 0 Å². The molecule has 1 atom stereocenters. The van der Waals surface area contributed by atoms with E-state index in [1.165, 1.54) is 6.42 Å². The Morgan fingerprint density at radius 3 is 3.06 bits per heavy atom. The monoisotopic (exact) mass is 231 g/mol. The third-order valence-electron chi connectivity index (χ3n) is 3.89. The molecule has 0 aliphatic carbocycles. The van der Waals surface area contributed by atoms with Crippen molar-refractivity contribution in [2.24, 2.45) is 0 Å². The predicted molar refractivity (Wildman–Crippen MR) is 65.4 cm³/mol. The lowest BCUT2D eigenvalue weighted by atomic mass is 9.88. The number of nitrogens with zero attached hydrogens (tertiary/aromatic N) is 1. The van der Waals surface area contributed by atoms with Gasteiger partial charge in [-0.2, -0.15) is 0 Å². The summed E-state index contributed by atoms with van der Waals surface area (Å²) in [5.41, 5.74) is 2.02. The largest absolute Gasteiger partial charge is 0.497 e. The van der Waals surface area contributed by atoms with Gasteiger partial charge in [0.25, 0.3) is 5.91 Å². The summed E-state index contributed by atoms with van der Waals surface area (Å²) < 4.78 is 5.23. The van der Waals surface area contributed by atoms with Crippen molar-refractivity contribution in [1.29, 1.82) is 0 Å². The van der Waals surface area contributed by atoms with Gasteiger partial charge in [-0.25, -0.2) is 0 Å². The fourth-order valence-corrected chi connectivity index (χ4v) is 2.96. The first-order valence-corrected chi connectivity index (χ1v) is 6.27. The van der Waals surface area contributed by atoms with Crippen LogP contribution in [0, 0.1) is 0 Å². The minimum Gasteiger partial charge on any atom is -0.497 e. The van der Waals surface area contributed by atoms with Crippen molar-refractivity contribution in [1.82, 2.24) is 4.90 Å². The molecule has 1 aromatic rings. The number of piperidine rings is 1. The van der Waals surface area contributed by atoms with E-state index < -0.39 is 0 Å². The van der Waals surface area contributed by atoms with Crippen molar-refractivity contribution in [2.75, 3.05) is 13.7 Å². The van der Waals surface area contributed by atoms with E-state index in [2.05, 4.69) is 4.90 Å². The fraction of sp³-hybridized carbons (Fsp3) is 0.500. The molecule has 1 saturated heterocycles. The molecule has 2 heterocycles. The van der Waals surface area contributed by atoms with Gasteiger partial charge < -0.3 is 9.64 Å². The van der Waals surface area contributed by atoms with E-state index in [0.717, 1.165) is 42.7 Å².